The summed E-state index contributed by atoms with van der Waals surface area (Å²) in [5.74, 6) is 1.42. The number of carbonyl (C=O) groups excluding carboxylic acids is 1. The molecule has 0 saturated heterocycles. The second-order valence-corrected chi connectivity index (χ2v) is 6.22. The van der Waals surface area contributed by atoms with Crippen LogP contribution in [0.15, 0.2) is 18.2 Å². The summed E-state index contributed by atoms with van der Waals surface area (Å²) in [6, 6.07) is 5.33. The van der Waals surface area contributed by atoms with Crippen molar-refractivity contribution in [2.24, 2.45) is 11.8 Å². The Morgan fingerprint density at radius 1 is 1.22 bits per heavy atom. The van der Waals surface area contributed by atoms with E-state index in [0.717, 1.165) is 12.3 Å². The zero-order valence-electron chi connectivity index (χ0n) is 9.96. The molecule has 3 atom stereocenters. The van der Waals surface area contributed by atoms with Crippen molar-refractivity contribution in [2.45, 2.75) is 31.7 Å². The minimum absolute atomic E-state index is 0.0748. The van der Waals surface area contributed by atoms with Crippen LogP contribution in [-0.4, -0.2) is 11.9 Å². The second-order valence-electron chi connectivity index (χ2n) is 5.38. The Bertz CT molecular complexity index is 489. The second kappa shape index (κ2) is 4.75. The molecule has 2 nitrogen and oxygen atoms in total. The van der Waals surface area contributed by atoms with Crippen molar-refractivity contribution < 1.29 is 4.79 Å². The van der Waals surface area contributed by atoms with Crippen LogP contribution in [0.4, 0.5) is 0 Å². The van der Waals surface area contributed by atoms with Crippen LogP contribution in [0.1, 0.15) is 36.0 Å². The first kappa shape index (κ1) is 12.3. The van der Waals surface area contributed by atoms with Gasteiger partial charge in [0.2, 0.25) is 0 Å². The van der Waals surface area contributed by atoms with Gasteiger partial charge in [-0.3, -0.25) is 4.79 Å². The van der Waals surface area contributed by atoms with Crippen molar-refractivity contribution in [3.63, 3.8) is 0 Å². The summed E-state index contributed by atoms with van der Waals surface area (Å²) in [6.07, 6.45) is 4.99. The van der Waals surface area contributed by atoms with Gasteiger partial charge < -0.3 is 5.32 Å². The quantitative estimate of drug-likeness (QED) is 0.876. The molecule has 1 aromatic carbocycles. The molecule has 18 heavy (non-hydrogen) atoms. The van der Waals surface area contributed by atoms with Gasteiger partial charge in [0, 0.05) is 11.1 Å². The average molecular weight is 284 g/mol. The number of carbonyl (C=O) groups is 1. The average Bonchev–Trinajstić information content (AvgIpc) is 2.90. The zero-order valence-corrected chi connectivity index (χ0v) is 11.5. The van der Waals surface area contributed by atoms with E-state index in [-0.39, 0.29) is 5.91 Å². The largest absolute Gasteiger partial charge is 0.349 e. The Labute approximate surface area is 117 Å². The van der Waals surface area contributed by atoms with Crippen molar-refractivity contribution >= 4 is 29.1 Å². The number of hydrogen-bond donors (Lipinski definition) is 1. The Hall–Kier alpha value is -0.730. The highest BCUT2D eigenvalue weighted by Gasteiger charge is 2.40. The molecular formula is C14H15Cl2NO. The maximum Gasteiger partial charge on any atom is 0.253 e. The van der Waals surface area contributed by atoms with Crippen molar-refractivity contribution in [3.05, 3.63) is 33.8 Å². The molecule has 2 saturated carbocycles. The molecule has 0 spiro atoms. The Morgan fingerprint density at radius 2 is 2.06 bits per heavy atom. The number of amides is 1. The van der Waals surface area contributed by atoms with Gasteiger partial charge in [0.15, 0.2) is 0 Å². The van der Waals surface area contributed by atoms with E-state index in [4.69, 9.17) is 23.2 Å². The number of nitrogens with one attached hydrogen (secondary N) is 1. The Kier molecular flexibility index (Phi) is 3.25. The van der Waals surface area contributed by atoms with E-state index in [9.17, 15) is 4.79 Å². The molecule has 2 fully saturated rings. The molecule has 0 unspecified atom stereocenters. The van der Waals surface area contributed by atoms with Crippen LogP contribution in [0, 0.1) is 11.8 Å². The normalized spacial score (nSPS) is 29.6. The van der Waals surface area contributed by atoms with Crippen molar-refractivity contribution in [3.8, 4) is 0 Å². The van der Waals surface area contributed by atoms with Crippen LogP contribution >= 0.6 is 23.2 Å². The fraction of sp³-hybridized carbons (Fsp3) is 0.500. The van der Waals surface area contributed by atoms with Gasteiger partial charge in [-0.05, 0) is 49.3 Å². The van der Waals surface area contributed by atoms with Crippen molar-refractivity contribution in [2.75, 3.05) is 0 Å². The minimum atomic E-state index is -0.0748. The monoisotopic (exact) mass is 283 g/mol. The molecule has 0 aromatic heterocycles. The summed E-state index contributed by atoms with van der Waals surface area (Å²) in [7, 11) is 0. The molecule has 1 aromatic rings. The van der Waals surface area contributed by atoms with Crippen LogP contribution in [-0.2, 0) is 0 Å². The van der Waals surface area contributed by atoms with E-state index in [0.29, 0.717) is 27.6 Å². The smallest absolute Gasteiger partial charge is 0.253 e. The number of rotatable bonds is 2. The summed E-state index contributed by atoms with van der Waals surface area (Å²) in [5, 5.41) is 4.09. The lowest BCUT2D eigenvalue weighted by atomic mass is 9.95. The summed E-state index contributed by atoms with van der Waals surface area (Å²) in [4.78, 5) is 12.2. The fourth-order valence-electron chi connectivity index (χ4n) is 3.34. The summed E-state index contributed by atoms with van der Waals surface area (Å²) < 4.78 is 0. The third kappa shape index (κ3) is 2.24. The fourth-order valence-corrected chi connectivity index (χ4v) is 3.84. The van der Waals surface area contributed by atoms with Crippen LogP contribution in [0.2, 0.25) is 10.0 Å². The Balaban J connectivity index is 1.71. The summed E-state index contributed by atoms with van der Waals surface area (Å²) in [6.45, 7) is 0. The molecule has 3 rings (SSSR count). The van der Waals surface area contributed by atoms with Gasteiger partial charge in [0.1, 0.15) is 0 Å². The molecule has 4 heteroatoms. The molecule has 2 aliphatic rings. The lowest BCUT2D eigenvalue weighted by Crippen LogP contribution is -2.38. The van der Waals surface area contributed by atoms with Crippen LogP contribution in [0.25, 0.3) is 0 Å². The maximum atomic E-state index is 12.2. The lowest BCUT2D eigenvalue weighted by molar-refractivity contribution is 0.0923. The highest BCUT2D eigenvalue weighted by Crippen LogP contribution is 2.44. The topological polar surface area (TPSA) is 29.1 Å². The first-order valence-electron chi connectivity index (χ1n) is 6.39. The van der Waals surface area contributed by atoms with Crippen molar-refractivity contribution in [1.82, 2.24) is 5.32 Å². The van der Waals surface area contributed by atoms with Gasteiger partial charge in [-0.2, -0.15) is 0 Å². The zero-order chi connectivity index (χ0) is 12.7. The Morgan fingerprint density at radius 3 is 2.67 bits per heavy atom. The maximum absolute atomic E-state index is 12.2. The standard InChI is InChI=1S/C14H15Cl2NO/c15-10-3-4-11(12(16)7-10)14(18)17-13-6-8-1-2-9(13)5-8/h3-4,7-9,13H,1-2,5-6H2,(H,17,18)/t8-,9-,13-/m1/s1. The molecule has 1 N–H and O–H groups in total. The number of fused-ring (bicyclic) bond motifs is 2. The number of halogens is 2. The van der Waals surface area contributed by atoms with E-state index < -0.39 is 0 Å². The van der Waals surface area contributed by atoms with Gasteiger partial charge in [0.05, 0.1) is 10.6 Å². The number of hydrogen-bond acceptors (Lipinski definition) is 1. The molecule has 2 bridgehead atoms. The van der Waals surface area contributed by atoms with Crippen molar-refractivity contribution in [1.29, 1.82) is 0 Å². The third-order valence-electron chi connectivity index (χ3n) is 4.23. The third-order valence-corrected chi connectivity index (χ3v) is 4.78. The van der Waals surface area contributed by atoms with Gasteiger partial charge >= 0.3 is 0 Å². The van der Waals surface area contributed by atoms with Crippen LogP contribution < -0.4 is 5.32 Å². The predicted molar refractivity (Wildman–Crippen MR) is 73.2 cm³/mol. The van der Waals surface area contributed by atoms with Gasteiger partial charge in [0.25, 0.3) is 5.91 Å². The lowest BCUT2D eigenvalue weighted by Gasteiger charge is -2.23. The molecule has 1 amide bonds. The van der Waals surface area contributed by atoms with E-state index in [1.807, 2.05) is 0 Å². The highest BCUT2D eigenvalue weighted by atomic mass is 35.5. The van der Waals surface area contributed by atoms with Gasteiger partial charge in [-0.1, -0.05) is 29.6 Å². The van der Waals surface area contributed by atoms with Gasteiger partial charge in [-0.25, -0.2) is 0 Å². The van der Waals surface area contributed by atoms with E-state index in [2.05, 4.69) is 5.32 Å². The first-order chi connectivity index (χ1) is 8.63. The van der Waals surface area contributed by atoms with E-state index in [1.54, 1.807) is 18.2 Å². The molecule has 96 valence electrons. The first-order valence-corrected chi connectivity index (χ1v) is 7.15. The molecular weight excluding hydrogens is 269 g/mol. The predicted octanol–water partition coefficient (Wildman–Crippen LogP) is 3.91. The highest BCUT2D eigenvalue weighted by molar-refractivity contribution is 6.36. The van der Waals surface area contributed by atoms with E-state index in [1.165, 1.54) is 19.3 Å². The SMILES string of the molecule is O=C(N[C@@H]1C[C@@H]2CC[C@@H]1C2)c1ccc(Cl)cc1Cl. The van der Waals surface area contributed by atoms with Gasteiger partial charge in [-0.15, -0.1) is 0 Å². The molecule has 0 heterocycles. The molecule has 0 radical (unpaired) electrons. The molecule has 2 aliphatic carbocycles. The molecule has 0 aliphatic heterocycles. The minimum Gasteiger partial charge on any atom is -0.349 e. The van der Waals surface area contributed by atoms with Crippen LogP contribution in [0.3, 0.4) is 0 Å². The summed E-state index contributed by atoms with van der Waals surface area (Å²) in [5.41, 5.74) is 0.517. The summed E-state index contributed by atoms with van der Waals surface area (Å²) >= 11 is 11.9. The van der Waals surface area contributed by atoms with E-state index >= 15 is 0 Å². The number of benzene rings is 1. The van der Waals surface area contributed by atoms with Crippen LogP contribution in [0.5, 0.6) is 0 Å².